The Kier molecular flexibility index (Phi) is 5.94. The second kappa shape index (κ2) is 6.66. The first-order valence-electron chi connectivity index (χ1n) is 4.98. The third-order valence-corrected chi connectivity index (χ3v) is 2.12. The summed E-state index contributed by atoms with van der Waals surface area (Å²) in [5.74, 6) is -1.46. The van der Waals surface area contributed by atoms with Gasteiger partial charge in [0.25, 0.3) is 6.79 Å². The van der Waals surface area contributed by atoms with Crippen LogP contribution in [0.4, 0.5) is 0 Å². The van der Waals surface area contributed by atoms with Crippen molar-refractivity contribution in [3.05, 3.63) is 0 Å². The molecule has 0 radical (unpaired) electrons. The SMILES string of the molecule is CCC(=O)OCON=NN(C)C(C)(C)C(=O)O. The molecular weight excluding hydrogens is 230 g/mol. The van der Waals surface area contributed by atoms with Crippen LogP contribution in [0.1, 0.15) is 27.2 Å². The minimum Gasteiger partial charge on any atom is -0.479 e. The Morgan fingerprint density at radius 2 is 2.00 bits per heavy atom. The number of carboxylic acid groups (broad SMARTS) is 1. The van der Waals surface area contributed by atoms with E-state index in [9.17, 15) is 9.59 Å². The van der Waals surface area contributed by atoms with Crippen LogP contribution in [-0.2, 0) is 19.2 Å². The monoisotopic (exact) mass is 247 g/mol. The van der Waals surface area contributed by atoms with Crippen molar-refractivity contribution >= 4 is 11.9 Å². The minimum absolute atomic E-state index is 0.243. The third-order valence-electron chi connectivity index (χ3n) is 2.12. The zero-order valence-corrected chi connectivity index (χ0v) is 10.3. The van der Waals surface area contributed by atoms with Gasteiger partial charge in [-0.2, -0.15) is 0 Å². The molecule has 0 aliphatic heterocycles. The molecule has 0 amide bonds. The van der Waals surface area contributed by atoms with Crippen molar-refractivity contribution in [1.82, 2.24) is 5.01 Å². The summed E-state index contributed by atoms with van der Waals surface area (Å²) < 4.78 is 4.56. The molecule has 0 unspecified atom stereocenters. The van der Waals surface area contributed by atoms with E-state index in [2.05, 4.69) is 20.1 Å². The summed E-state index contributed by atoms with van der Waals surface area (Å²) in [6, 6.07) is 0. The van der Waals surface area contributed by atoms with Gasteiger partial charge in [0.1, 0.15) is 0 Å². The van der Waals surface area contributed by atoms with E-state index in [0.717, 1.165) is 5.01 Å². The lowest BCUT2D eigenvalue weighted by Crippen LogP contribution is -2.44. The Morgan fingerprint density at radius 1 is 1.41 bits per heavy atom. The Labute approximate surface area is 99.1 Å². The van der Waals surface area contributed by atoms with Gasteiger partial charge in [0.15, 0.2) is 5.54 Å². The average Bonchev–Trinajstić information content (AvgIpc) is 2.27. The van der Waals surface area contributed by atoms with Crippen LogP contribution in [0, 0.1) is 0 Å². The van der Waals surface area contributed by atoms with Gasteiger partial charge in [-0.1, -0.05) is 6.92 Å². The van der Waals surface area contributed by atoms with Crippen LogP contribution in [0.15, 0.2) is 10.5 Å². The fourth-order valence-electron chi connectivity index (χ4n) is 0.549. The lowest BCUT2D eigenvalue weighted by molar-refractivity contribution is -0.157. The summed E-state index contributed by atoms with van der Waals surface area (Å²) in [7, 11) is 1.44. The van der Waals surface area contributed by atoms with Crippen molar-refractivity contribution in [2.45, 2.75) is 32.7 Å². The van der Waals surface area contributed by atoms with E-state index < -0.39 is 17.5 Å². The Balaban J connectivity index is 4.01. The molecule has 98 valence electrons. The highest BCUT2D eigenvalue weighted by Gasteiger charge is 2.32. The molecule has 0 aliphatic carbocycles. The van der Waals surface area contributed by atoms with Gasteiger partial charge >= 0.3 is 11.9 Å². The zero-order valence-electron chi connectivity index (χ0n) is 10.3. The van der Waals surface area contributed by atoms with Crippen molar-refractivity contribution in [3.63, 3.8) is 0 Å². The number of likely N-dealkylation sites (N-methyl/N-ethyl adjacent to an activating group) is 1. The van der Waals surface area contributed by atoms with E-state index in [4.69, 9.17) is 5.11 Å². The fourth-order valence-corrected chi connectivity index (χ4v) is 0.549. The van der Waals surface area contributed by atoms with Gasteiger partial charge in [0.2, 0.25) is 0 Å². The fraction of sp³-hybridized carbons (Fsp3) is 0.778. The summed E-state index contributed by atoms with van der Waals surface area (Å²) in [4.78, 5) is 26.1. The number of ether oxygens (including phenoxy) is 1. The van der Waals surface area contributed by atoms with Gasteiger partial charge in [-0.05, 0) is 19.1 Å². The van der Waals surface area contributed by atoms with E-state index in [-0.39, 0.29) is 13.2 Å². The Morgan fingerprint density at radius 3 is 2.47 bits per heavy atom. The minimum atomic E-state index is -1.20. The van der Waals surface area contributed by atoms with Gasteiger partial charge in [0, 0.05) is 18.7 Å². The highest BCUT2D eigenvalue weighted by atomic mass is 16.8. The Hall–Kier alpha value is -1.86. The van der Waals surface area contributed by atoms with Crippen molar-refractivity contribution in [3.8, 4) is 0 Å². The van der Waals surface area contributed by atoms with Crippen LogP contribution in [-0.4, -0.2) is 41.4 Å². The van der Waals surface area contributed by atoms with Crippen LogP contribution in [0.5, 0.6) is 0 Å². The maximum absolute atomic E-state index is 10.8. The lowest BCUT2D eigenvalue weighted by atomic mass is 10.1. The zero-order chi connectivity index (χ0) is 13.5. The van der Waals surface area contributed by atoms with Crippen molar-refractivity contribution in [1.29, 1.82) is 0 Å². The molecule has 0 aromatic rings. The summed E-state index contributed by atoms with van der Waals surface area (Å²) in [5.41, 5.74) is -1.20. The van der Waals surface area contributed by atoms with E-state index in [1.165, 1.54) is 20.9 Å². The van der Waals surface area contributed by atoms with Gasteiger partial charge in [-0.3, -0.25) is 9.80 Å². The van der Waals surface area contributed by atoms with Crippen LogP contribution >= 0.6 is 0 Å². The van der Waals surface area contributed by atoms with Crippen LogP contribution in [0.2, 0.25) is 0 Å². The number of hydrogen-bond acceptors (Lipinski definition) is 6. The van der Waals surface area contributed by atoms with Crippen LogP contribution in [0.3, 0.4) is 0 Å². The number of hydrogen-bond donors (Lipinski definition) is 1. The molecule has 0 atom stereocenters. The predicted octanol–water partition coefficient (Wildman–Crippen LogP) is 0.991. The molecule has 0 aliphatic rings. The van der Waals surface area contributed by atoms with E-state index >= 15 is 0 Å². The van der Waals surface area contributed by atoms with Crippen LogP contribution in [0.25, 0.3) is 0 Å². The molecule has 8 nitrogen and oxygen atoms in total. The van der Waals surface area contributed by atoms with E-state index in [1.807, 2.05) is 0 Å². The number of carbonyl (C=O) groups is 2. The highest BCUT2D eigenvalue weighted by Crippen LogP contribution is 2.12. The number of carbonyl (C=O) groups excluding carboxylic acids is 1. The van der Waals surface area contributed by atoms with Gasteiger partial charge in [-0.15, -0.1) is 0 Å². The number of carboxylic acids is 1. The molecule has 0 rings (SSSR count). The number of rotatable bonds is 7. The molecule has 1 N–H and O–H groups in total. The molecule has 0 saturated carbocycles. The second-order valence-corrected chi connectivity index (χ2v) is 3.68. The molecule has 0 heterocycles. The standard InChI is InChI=1S/C9H17N3O5/c1-5-7(13)16-6-17-11-10-12(4)9(2,3)8(14)15/h5-6H2,1-4H3,(H,14,15). The summed E-state index contributed by atoms with van der Waals surface area (Å²) in [6.07, 6.45) is 0.243. The first-order chi connectivity index (χ1) is 7.82. The van der Waals surface area contributed by atoms with E-state index in [0.29, 0.717) is 0 Å². The number of esters is 1. The average molecular weight is 247 g/mol. The molecule has 0 aromatic carbocycles. The smallest absolute Gasteiger partial charge is 0.330 e. The maximum atomic E-state index is 10.8. The predicted molar refractivity (Wildman–Crippen MR) is 56.7 cm³/mol. The number of nitrogens with zero attached hydrogens (tertiary/aromatic N) is 3. The van der Waals surface area contributed by atoms with E-state index in [1.54, 1.807) is 6.92 Å². The molecule has 0 spiro atoms. The molecule has 8 heteroatoms. The van der Waals surface area contributed by atoms with Crippen molar-refractivity contribution in [2.75, 3.05) is 13.8 Å². The molecule has 0 fully saturated rings. The van der Waals surface area contributed by atoms with Crippen molar-refractivity contribution in [2.24, 2.45) is 10.5 Å². The van der Waals surface area contributed by atoms with Gasteiger partial charge in [-0.25, -0.2) is 4.79 Å². The molecular formula is C9H17N3O5. The topological polar surface area (TPSA) is 101 Å². The molecule has 0 saturated heterocycles. The first-order valence-corrected chi connectivity index (χ1v) is 4.98. The summed E-state index contributed by atoms with van der Waals surface area (Å²) in [6.45, 7) is 4.22. The molecule has 0 aromatic heterocycles. The quantitative estimate of drug-likeness (QED) is 0.237. The first kappa shape index (κ1) is 15.1. The Bertz CT molecular complexity index is 303. The number of aliphatic carboxylic acids is 1. The normalized spacial score (nSPS) is 11.3. The summed E-state index contributed by atoms with van der Waals surface area (Å²) in [5, 5.41) is 16.7. The molecule has 17 heavy (non-hydrogen) atoms. The van der Waals surface area contributed by atoms with Gasteiger partial charge < -0.3 is 14.7 Å². The van der Waals surface area contributed by atoms with Crippen LogP contribution < -0.4 is 0 Å². The second-order valence-electron chi connectivity index (χ2n) is 3.68. The largest absolute Gasteiger partial charge is 0.479 e. The van der Waals surface area contributed by atoms with Crippen molar-refractivity contribution < 1.29 is 24.3 Å². The summed E-state index contributed by atoms with van der Waals surface area (Å²) >= 11 is 0. The third kappa shape index (κ3) is 5.14. The highest BCUT2D eigenvalue weighted by molar-refractivity contribution is 5.77. The lowest BCUT2D eigenvalue weighted by Gasteiger charge is -2.26. The maximum Gasteiger partial charge on any atom is 0.330 e. The van der Waals surface area contributed by atoms with Gasteiger partial charge in [0.05, 0.1) is 0 Å². The molecule has 0 bridgehead atoms.